The minimum Gasteiger partial charge on any atom is -0.395 e. The fourth-order valence-corrected chi connectivity index (χ4v) is 2.87. The van der Waals surface area contributed by atoms with Gasteiger partial charge in [0, 0.05) is 18.0 Å². The van der Waals surface area contributed by atoms with E-state index in [1.165, 1.54) is 4.90 Å². The molecule has 0 saturated heterocycles. The number of benzene rings is 1. The lowest BCUT2D eigenvalue weighted by Gasteiger charge is -2.19. The largest absolute Gasteiger partial charge is 0.395 e. The van der Waals surface area contributed by atoms with Gasteiger partial charge in [-0.25, -0.2) is 0 Å². The number of nitrogens with one attached hydrogen (secondary N) is 1. The van der Waals surface area contributed by atoms with Crippen molar-refractivity contribution in [3.8, 4) is 0 Å². The third-order valence-corrected chi connectivity index (χ3v) is 4.08. The van der Waals surface area contributed by atoms with Crippen LogP contribution in [0.2, 0.25) is 0 Å². The Balaban J connectivity index is 2.09. The van der Waals surface area contributed by atoms with Crippen LogP contribution in [0.4, 0.5) is 0 Å². The molecule has 0 bridgehead atoms. The summed E-state index contributed by atoms with van der Waals surface area (Å²) in [5.41, 5.74) is 0. The zero-order valence-corrected chi connectivity index (χ0v) is 13.6. The summed E-state index contributed by atoms with van der Waals surface area (Å²) in [6, 6.07) is 10.3. The van der Waals surface area contributed by atoms with Gasteiger partial charge in [0.2, 0.25) is 5.91 Å². The van der Waals surface area contributed by atoms with Crippen LogP contribution in [0.3, 0.4) is 0 Å². The average molecular weight is 310 g/mol. The number of nitrogens with zero attached hydrogens (tertiary/aromatic N) is 1. The number of thioether (sulfide) groups is 1. The number of amides is 1. The van der Waals surface area contributed by atoms with E-state index >= 15 is 0 Å². The van der Waals surface area contributed by atoms with Crippen LogP contribution in [0.1, 0.15) is 19.8 Å². The van der Waals surface area contributed by atoms with Crippen LogP contribution >= 0.6 is 11.8 Å². The van der Waals surface area contributed by atoms with Gasteiger partial charge in [-0.05, 0) is 37.3 Å². The lowest BCUT2D eigenvalue weighted by molar-refractivity contribution is -0.122. The van der Waals surface area contributed by atoms with Crippen molar-refractivity contribution in [2.24, 2.45) is 0 Å². The number of aliphatic hydroxyl groups excluding tert-OH is 1. The molecule has 21 heavy (non-hydrogen) atoms. The first-order valence-electron chi connectivity index (χ1n) is 7.54. The van der Waals surface area contributed by atoms with Crippen molar-refractivity contribution in [1.29, 1.82) is 0 Å². The Hall–Kier alpha value is -1.04. The van der Waals surface area contributed by atoms with Crippen LogP contribution in [0, 0.1) is 0 Å². The van der Waals surface area contributed by atoms with Gasteiger partial charge in [-0.1, -0.05) is 25.1 Å². The van der Waals surface area contributed by atoms with Gasteiger partial charge in [-0.15, -0.1) is 11.8 Å². The number of rotatable bonds is 11. The predicted octanol–water partition coefficient (Wildman–Crippen LogP) is 1.99. The van der Waals surface area contributed by atoms with E-state index < -0.39 is 0 Å². The van der Waals surface area contributed by atoms with Crippen molar-refractivity contribution >= 4 is 17.7 Å². The summed E-state index contributed by atoms with van der Waals surface area (Å²) < 4.78 is 0. The van der Waals surface area contributed by atoms with E-state index in [1.807, 2.05) is 34.9 Å². The Morgan fingerprint density at radius 2 is 2.05 bits per heavy atom. The molecule has 0 saturated carbocycles. The van der Waals surface area contributed by atoms with Gasteiger partial charge in [0.15, 0.2) is 0 Å². The SMILES string of the molecule is CCCN(CCO)CC(=O)NCCCSc1ccccc1. The molecule has 0 spiro atoms. The number of carbonyl (C=O) groups is 1. The lowest BCUT2D eigenvalue weighted by atomic mass is 10.3. The van der Waals surface area contributed by atoms with Crippen molar-refractivity contribution < 1.29 is 9.90 Å². The number of aliphatic hydroxyl groups is 1. The van der Waals surface area contributed by atoms with E-state index in [0.29, 0.717) is 19.6 Å². The molecule has 0 aromatic heterocycles. The van der Waals surface area contributed by atoms with Crippen LogP contribution in [0.15, 0.2) is 35.2 Å². The molecule has 4 nitrogen and oxygen atoms in total. The second-order valence-corrected chi connectivity index (χ2v) is 6.03. The van der Waals surface area contributed by atoms with E-state index in [1.54, 1.807) is 0 Å². The first-order chi connectivity index (χ1) is 10.3. The summed E-state index contributed by atoms with van der Waals surface area (Å²) >= 11 is 1.81. The molecule has 0 aliphatic heterocycles. The molecular weight excluding hydrogens is 284 g/mol. The molecule has 5 heteroatoms. The molecule has 1 aromatic carbocycles. The maximum absolute atomic E-state index is 11.8. The molecule has 0 fully saturated rings. The first-order valence-corrected chi connectivity index (χ1v) is 8.52. The third-order valence-electron chi connectivity index (χ3n) is 2.98. The fraction of sp³-hybridized carbons (Fsp3) is 0.562. The van der Waals surface area contributed by atoms with Crippen LogP contribution < -0.4 is 5.32 Å². The van der Waals surface area contributed by atoms with Crippen molar-refractivity contribution in [2.45, 2.75) is 24.7 Å². The van der Waals surface area contributed by atoms with Gasteiger partial charge in [-0.2, -0.15) is 0 Å². The van der Waals surface area contributed by atoms with E-state index in [9.17, 15) is 4.79 Å². The standard InChI is InChI=1S/C16H26N2O2S/c1-2-10-18(11-12-19)14-16(20)17-9-6-13-21-15-7-4-3-5-8-15/h3-5,7-8,19H,2,6,9-14H2,1H3,(H,17,20). The van der Waals surface area contributed by atoms with Crippen LogP contribution in [0.25, 0.3) is 0 Å². The minimum atomic E-state index is 0.0432. The van der Waals surface area contributed by atoms with Crippen LogP contribution in [-0.4, -0.2) is 54.5 Å². The highest BCUT2D eigenvalue weighted by Crippen LogP contribution is 2.17. The molecule has 1 aromatic rings. The van der Waals surface area contributed by atoms with Gasteiger partial charge in [-0.3, -0.25) is 9.69 Å². The summed E-state index contributed by atoms with van der Waals surface area (Å²) in [5.74, 6) is 1.04. The molecule has 1 rings (SSSR count). The van der Waals surface area contributed by atoms with Crippen molar-refractivity contribution in [1.82, 2.24) is 10.2 Å². The van der Waals surface area contributed by atoms with Crippen molar-refractivity contribution in [3.05, 3.63) is 30.3 Å². The molecule has 118 valence electrons. The molecule has 0 atom stereocenters. The fourth-order valence-electron chi connectivity index (χ4n) is 1.99. The summed E-state index contributed by atoms with van der Waals surface area (Å²) in [5, 5.41) is 11.9. The molecular formula is C16H26N2O2S. The zero-order valence-electron chi connectivity index (χ0n) is 12.8. The van der Waals surface area contributed by atoms with Gasteiger partial charge >= 0.3 is 0 Å². The van der Waals surface area contributed by atoms with Gasteiger partial charge < -0.3 is 10.4 Å². The zero-order chi connectivity index (χ0) is 15.3. The van der Waals surface area contributed by atoms with E-state index in [2.05, 4.69) is 24.4 Å². The molecule has 0 unspecified atom stereocenters. The monoisotopic (exact) mass is 310 g/mol. The Morgan fingerprint density at radius 3 is 2.71 bits per heavy atom. The molecule has 1 amide bonds. The third kappa shape index (κ3) is 8.75. The Bertz CT molecular complexity index is 381. The summed E-state index contributed by atoms with van der Waals surface area (Å²) in [4.78, 5) is 15.0. The molecule has 0 aliphatic rings. The molecule has 0 radical (unpaired) electrons. The average Bonchev–Trinajstić information content (AvgIpc) is 2.48. The second kappa shape index (κ2) is 11.6. The Labute approximate surface area is 131 Å². The lowest BCUT2D eigenvalue weighted by Crippen LogP contribution is -2.39. The molecule has 0 aliphatic carbocycles. The topological polar surface area (TPSA) is 52.6 Å². The highest BCUT2D eigenvalue weighted by Gasteiger charge is 2.08. The summed E-state index contributed by atoms with van der Waals surface area (Å²) in [6.45, 7) is 4.66. The maximum atomic E-state index is 11.8. The van der Waals surface area contributed by atoms with Crippen molar-refractivity contribution in [2.75, 3.05) is 38.5 Å². The minimum absolute atomic E-state index is 0.0432. The summed E-state index contributed by atoms with van der Waals surface area (Å²) in [6.07, 6.45) is 1.94. The van der Waals surface area contributed by atoms with Gasteiger partial charge in [0.05, 0.1) is 13.2 Å². The smallest absolute Gasteiger partial charge is 0.234 e. The predicted molar refractivity (Wildman–Crippen MR) is 88.6 cm³/mol. The van der Waals surface area contributed by atoms with Gasteiger partial charge in [0.25, 0.3) is 0 Å². The van der Waals surface area contributed by atoms with Gasteiger partial charge in [0.1, 0.15) is 0 Å². The Morgan fingerprint density at radius 1 is 1.29 bits per heavy atom. The maximum Gasteiger partial charge on any atom is 0.234 e. The second-order valence-electron chi connectivity index (χ2n) is 4.86. The Kier molecular flexibility index (Phi) is 9.95. The number of carbonyl (C=O) groups excluding carboxylic acids is 1. The van der Waals surface area contributed by atoms with Crippen LogP contribution in [-0.2, 0) is 4.79 Å². The van der Waals surface area contributed by atoms with E-state index in [0.717, 1.165) is 25.1 Å². The highest BCUT2D eigenvalue weighted by molar-refractivity contribution is 7.99. The molecule has 2 N–H and O–H groups in total. The van der Waals surface area contributed by atoms with Crippen molar-refractivity contribution in [3.63, 3.8) is 0 Å². The highest BCUT2D eigenvalue weighted by atomic mass is 32.2. The summed E-state index contributed by atoms with van der Waals surface area (Å²) in [7, 11) is 0. The first kappa shape index (κ1) is 18.0. The van der Waals surface area contributed by atoms with Crippen LogP contribution in [0.5, 0.6) is 0 Å². The van der Waals surface area contributed by atoms with E-state index in [4.69, 9.17) is 5.11 Å². The number of hydrogen-bond donors (Lipinski definition) is 2. The normalized spacial score (nSPS) is 10.8. The molecule has 0 heterocycles. The van der Waals surface area contributed by atoms with E-state index in [-0.39, 0.29) is 12.5 Å². The number of hydrogen-bond acceptors (Lipinski definition) is 4. The quantitative estimate of drug-likeness (QED) is 0.485.